The van der Waals surface area contributed by atoms with Gasteiger partial charge in [-0.1, -0.05) is 98.8 Å². The van der Waals surface area contributed by atoms with E-state index in [0.29, 0.717) is 0 Å². The fourth-order valence-corrected chi connectivity index (χ4v) is 5.19. The first kappa shape index (κ1) is 15.0. The molecule has 0 unspecified atom stereocenters. The molecule has 0 radical (unpaired) electrons. The summed E-state index contributed by atoms with van der Waals surface area (Å²) < 4.78 is 0. The number of hydrogen-bond acceptors (Lipinski definition) is 0. The van der Waals surface area contributed by atoms with Crippen LogP contribution in [0.5, 0.6) is 0 Å². The van der Waals surface area contributed by atoms with Gasteiger partial charge < -0.3 is 0 Å². The second kappa shape index (κ2) is 4.98. The van der Waals surface area contributed by atoms with Gasteiger partial charge in [-0.2, -0.15) is 0 Å². The van der Waals surface area contributed by atoms with Crippen molar-refractivity contribution in [2.45, 2.75) is 19.3 Å². The van der Waals surface area contributed by atoms with Gasteiger partial charge in [0.2, 0.25) is 0 Å². The van der Waals surface area contributed by atoms with Crippen LogP contribution in [0.4, 0.5) is 0 Å². The topological polar surface area (TPSA) is 0 Å². The van der Waals surface area contributed by atoms with E-state index in [-0.39, 0.29) is 5.41 Å². The summed E-state index contributed by atoms with van der Waals surface area (Å²) in [7, 11) is 0. The average molecular weight is 344 g/mol. The number of rotatable bonds is 0. The predicted octanol–water partition coefficient (Wildman–Crippen LogP) is 7.45. The Morgan fingerprint density at radius 3 is 1.96 bits per heavy atom. The Hall–Kier alpha value is -3.12. The van der Waals surface area contributed by atoms with E-state index in [1.165, 1.54) is 54.6 Å². The molecule has 0 atom stereocenters. The van der Waals surface area contributed by atoms with E-state index in [1.807, 2.05) is 0 Å². The van der Waals surface area contributed by atoms with Crippen molar-refractivity contribution in [2.24, 2.45) is 0 Å². The van der Waals surface area contributed by atoms with Crippen LogP contribution in [0.3, 0.4) is 0 Å². The van der Waals surface area contributed by atoms with Crippen molar-refractivity contribution in [1.29, 1.82) is 0 Å². The summed E-state index contributed by atoms with van der Waals surface area (Å²) in [6.45, 7) is 4.75. The third-order valence-electron chi connectivity index (χ3n) is 6.41. The zero-order valence-corrected chi connectivity index (χ0v) is 15.6. The van der Waals surface area contributed by atoms with E-state index in [0.717, 1.165) is 0 Å². The van der Waals surface area contributed by atoms with Gasteiger partial charge in [0.15, 0.2) is 0 Å². The van der Waals surface area contributed by atoms with Gasteiger partial charge in [-0.3, -0.25) is 0 Å². The minimum absolute atomic E-state index is 0.00331. The molecule has 0 saturated heterocycles. The molecule has 0 bridgehead atoms. The minimum atomic E-state index is -0.00331. The monoisotopic (exact) mass is 344 g/mol. The molecule has 27 heavy (non-hydrogen) atoms. The highest BCUT2D eigenvalue weighted by molar-refractivity contribution is 6.17. The molecule has 0 fully saturated rings. The third-order valence-corrected chi connectivity index (χ3v) is 6.41. The van der Waals surface area contributed by atoms with E-state index in [1.54, 1.807) is 0 Å². The van der Waals surface area contributed by atoms with E-state index in [2.05, 4.69) is 98.8 Å². The molecule has 1 aliphatic rings. The number of benzene rings is 5. The van der Waals surface area contributed by atoms with Crippen LogP contribution in [0.1, 0.15) is 25.0 Å². The standard InChI is InChI=1S/C27H20/c1-27(2)23-16-14-19-12-11-17-7-3-5-9-20(17)24(19)25(23)22-15-13-18-8-4-6-10-21(18)26(22)27/h3-16H,1-2H3. The smallest absolute Gasteiger partial charge is 0.0165 e. The number of hydrogen-bond donors (Lipinski definition) is 0. The molecule has 1 aliphatic carbocycles. The van der Waals surface area contributed by atoms with Crippen molar-refractivity contribution in [2.75, 3.05) is 0 Å². The summed E-state index contributed by atoms with van der Waals surface area (Å²) in [6, 6.07) is 31.3. The Balaban J connectivity index is 1.88. The van der Waals surface area contributed by atoms with Crippen LogP contribution < -0.4 is 0 Å². The molecular weight excluding hydrogens is 324 g/mol. The van der Waals surface area contributed by atoms with E-state index >= 15 is 0 Å². The number of fused-ring (bicyclic) bond motifs is 9. The quantitative estimate of drug-likeness (QED) is 0.256. The predicted molar refractivity (Wildman–Crippen MR) is 117 cm³/mol. The lowest BCUT2D eigenvalue weighted by Crippen LogP contribution is -2.15. The highest BCUT2D eigenvalue weighted by Gasteiger charge is 2.37. The van der Waals surface area contributed by atoms with E-state index in [9.17, 15) is 0 Å². The molecule has 0 heterocycles. The first-order valence-electron chi connectivity index (χ1n) is 9.64. The molecular formula is C27H20. The Bertz CT molecular complexity index is 1390. The van der Waals surface area contributed by atoms with Gasteiger partial charge in [0.25, 0.3) is 0 Å². The summed E-state index contributed by atoms with van der Waals surface area (Å²) in [6.07, 6.45) is 0. The molecule has 6 rings (SSSR count). The molecule has 128 valence electrons. The zero-order valence-electron chi connectivity index (χ0n) is 15.6. The summed E-state index contributed by atoms with van der Waals surface area (Å²) in [5.41, 5.74) is 5.73. The van der Waals surface area contributed by atoms with E-state index < -0.39 is 0 Å². The molecule has 0 saturated carbocycles. The van der Waals surface area contributed by atoms with Crippen molar-refractivity contribution in [3.63, 3.8) is 0 Å². The lowest BCUT2D eigenvalue weighted by Gasteiger charge is -2.23. The largest absolute Gasteiger partial charge is 0.0616 e. The molecule has 0 aliphatic heterocycles. The van der Waals surface area contributed by atoms with Gasteiger partial charge in [-0.15, -0.1) is 0 Å². The van der Waals surface area contributed by atoms with Gasteiger partial charge >= 0.3 is 0 Å². The zero-order chi connectivity index (χ0) is 18.2. The second-order valence-corrected chi connectivity index (χ2v) is 8.21. The fourth-order valence-electron chi connectivity index (χ4n) is 5.19. The van der Waals surface area contributed by atoms with Gasteiger partial charge in [-0.25, -0.2) is 0 Å². The van der Waals surface area contributed by atoms with Gasteiger partial charge in [-0.05, 0) is 54.6 Å². The maximum absolute atomic E-state index is 2.38. The maximum atomic E-state index is 2.38. The average Bonchev–Trinajstić information content (AvgIpc) is 2.95. The molecule has 0 amide bonds. The van der Waals surface area contributed by atoms with Gasteiger partial charge in [0.05, 0.1) is 0 Å². The van der Waals surface area contributed by atoms with Crippen molar-refractivity contribution in [3.8, 4) is 11.1 Å². The molecule has 0 N–H and O–H groups in total. The van der Waals surface area contributed by atoms with Crippen molar-refractivity contribution >= 4 is 32.3 Å². The molecule has 0 spiro atoms. The molecule has 0 nitrogen and oxygen atoms in total. The summed E-state index contributed by atoms with van der Waals surface area (Å²) in [5, 5.41) is 8.09. The highest BCUT2D eigenvalue weighted by Crippen LogP contribution is 2.54. The Labute approximate surface area is 159 Å². The Morgan fingerprint density at radius 1 is 0.556 bits per heavy atom. The van der Waals surface area contributed by atoms with Crippen LogP contribution >= 0.6 is 0 Å². The van der Waals surface area contributed by atoms with Crippen LogP contribution in [0.15, 0.2) is 84.9 Å². The molecule has 0 aromatic heterocycles. The van der Waals surface area contributed by atoms with Crippen molar-refractivity contribution in [1.82, 2.24) is 0 Å². The van der Waals surface area contributed by atoms with E-state index in [4.69, 9.17) is 0 Å². The lowest BCUT2D eigenvalue weighted by molar-refractivity contribution is 0.667. The summed E-state index contributed by atoms with van der Waals surface area (Å²) in [4.78, 5) is 0. The summed E-state index contributed by atoms with van der Waals surface area (Å²) >= 11 is 0. The minimum Gasteiger partial charge on any atom is -0.0616 e. The van der Waals surface area contributed by atoms with Crippen LogP contribution in [0, 0.1) is 0 Å². The fraction of sp³-hybridized carbons (Fsp3) is 0.111. The normalized spacial score (nSPS) is 14.6. The van der Waals surface area contributed by atoms with Gasteiger partial charge in [0, 0.05) is 5.41 Å². The van der Waals surface area contributed by atoms with Crippen LogP contribution in [0.2, 0.25) is 0 Å². The second-order valence-electron chi connectivity index (χ2n) is 8.21. The molecule has 5 aromatic carbocycles. The highest BCUT2D eigenvalue weighted by atomic mass is 14.4. The van der Waals surface area contributed by atoms with Gasteiger partial charge in [0.1, 0.15) is 0 Å². The SMILES string of the molecule is CC1(C)c2ccc3ccc4ccccc4c3c2-c2ccc3ccccc3c21. The molecule has 0 heteroatoms. The Morgan fingerprint density at radius 2 is 1.15 bits per heavy atom. The maximum Gasteiger partial charge on any atom is 0.0165 e. The van der Waals surface area contributed by atoms with Crippen molar-refractivity contribution in [3.05, 3.63) is 96.1 Å². The summed E-state index contributed by atoms with van der Waals surface area (Å²) in [5.74, 6) is 0. The third kappa shape index (κ3) is 1.83. The van der Waals surface area contributed by atoms with Crippen LogP contribution in [-0.2, 0) is 5.41 Å². The first-order valence-corrected chi connectivity index (χ1v) is 9.64. The van der Waals surface area contributed by atoms with Crippen molar-refractivity contribution < 1.29 is 0 Å². The molecule has 5 aromatic rings. The van der Waals surface area contributed by atoms with Crippen LogP contribution in [-0.4, -0.2) is 0 Å². The Kier molecular flexibility index (Phi) is 2.77. The lowest BCUT2D eigenvalue weighted by atomic mass is 9.80. The van der Waals surface area contributed by atoms with Crippen LogP contribution in [0.25, 0.3) is 43.4 Å². The first-order chi connectivity index (χ1) is 13.2.